The third-order valence-electron chi connectivity index (χ3n) is 2.73. The van der Waals surface area contributed by atoms with E-state index in [1.807, 2.05) is 0 Å². The Bertz CT molecular complexity index is 124. The molecule has 0 heterocycles. The molecule has 0 spiro atoms. The smallest absolute Gasteiger partial charge is 0.0208 e. The molecule has 0 nitrogen and oxygen atoms in total. The van der Waals surface area contributed by atoms with Crippen molar-refractivity contribution in [1.29, 1.82) is 0 Å². The first-order chi connectivity index (χ1) is 5.34. The Labute approximate surface area is 70.7 Å². The Hall–Kier alpha value is -0.260. The van der Waals surface area contributed by atoms with Crippen molar-refractivity contribution in [3.63, 3.8) is 0 Å². The van der Waals surface area contributed by atoms with Crippen LogP contribution in [0.4, 0.5) is 0 Å². The summed E-state index contributed by atoms with van der Waals surface area (Å²) in [6.07, 6.45) is 11.3. The molecule has 2 unspecified atom stereocenters. The van der Waals surface area contributed by atoms with Gasteiger partial charge in [0.25, 0.3) is 0 Å². The molecular formula is C11H19. The number of allylic oxidation sites excluding steroid dienone is 2. The zero-order valence-corrected chi connectivity index (χ0v) is 7.55. The molecule has 0 saturated heterocycles. The molecule has 1 radical (unpaired) electrons. The van der Waals surface area contributed by atoms with Crippen LogP contribution in [0.25, 0.3) is 0 Å². The maximum Gasteiger partial charge on any atom is -0.0208 e. The van der Waals surface area contributed by atoms with E-state index in [1.54, 1.807) is 0 Å². The van der Waals surface area contributed by atoms with Crippen molar-refractivity contribution in [1.82, 2.24) is 0 Å². The van der Waals surface area contributed by atoms with Gasteiger partial charge in [0, 0.05) is 0 Å². The van der Waals surface area contributed by atoms with Crippen LogP contribution in [0.3, 0.4) is 0 Å². The SMILES string of the molecule is [CH2]CC(C)C1C=CCCCC1. The van der Waals surface area contributed by atoms with Gasteiger partial charge >= 0.3 is 0 Å². The fourth-order valence-electron chi connectivity index (χ4n) is 1.70. The maximum absolute atomic E-state index is 3.96. The van der Waals surface area contributed by atoms with E-state index in [0.29, 0.717) is 0 Å². The first-order valence-corrected chi connectivity index (χ1v) is 4.80. The van der Waals surface area contributed by atoms with Crippen molar-refractivity contribution in [2.45, 2.75) is 39.0 Å². The molecule has 0 bridgehead atoms. The van der Waals surface area contributed by atoms with Crippen molar-refractivity contribution in [2.75, 3.05) is 0 Å². The lowest BCUT2D eigenvalue weighted by atomic mass is 9.88. The van der Waals surface area contributed by atoms with Gasteiger partial charge in [-0.2, -0.15) is 0 Å². The second-order valence-corrected chi connectivity index (χ2v) is 3.64. The minimum absolute atomic E-state index is 0.782. The largest absolute Gasteiger partial charge is 0.0882 e. The lowest BCUT2D eigenvalue weighted by molar-refractivity contribution is 0.400. The van der Waals surface area contributed by atoms with Crippen LogP contribution < -0.4 is 0 Å². The average Bonchev–Trinajstić information content (AvgIpc) is 2.30. The molecule has 0 aliphatic heterocycles. The van der Waals surface area contributed by atoms with E-state index in [0.717, 1.165) is 18.3 Å². The first-order valence-electron chi connectivity index (χ1n) is 4.80. The summed E-state index contributed by atoms with van der Waals surface area (Å²) >= 11 is 0. The van der Waals surface area contributed by atoms with E-state index in [-0.39, 0.29) is 0 Å². The van der Waals surface area contributed by atoms with Gasteiger partial charge in [-0.3, -0.25) is 0 Å². The third-order valence-corrected chi connectivity index (χ3v) is 2.73. The van der Waals surface area contributed by atoms with Crippen LogP contribution in [0.5, 0.6) is 0 Å². The molecule has 2 atom stereocenters. The van der Waals surface area contributed by atoms with Gasteiger partial charge in [0.15, 0.2) is 0 Å². The fourth-order valence-corrected chi connectivity index (χ4v) is 1.70. The molecular weight excluding hydrogens is 132 g/mol. The standard InChI is InChI=1S/C11H19/c1-3-10(2)11-8-6-4-5-7-9-11/h6,8,10-11H,1,3-5,7,9H2,2H3. The van der Waals surface area contributed by atoms with Crippen molar-refractivity contribution in [3.05, 3.63) is 19.1 Å². The topological polar surface area (TPSA) is 0 Å². The molecule has 1 aliphatic carbocycles. The van der Waals surface area contributed by atoms with E-state index >= 15 is 0 Å². The van der Waals surface area contributed by atoms with E-state index in [9.17, 15) is 0 Å². The summed E-state index contributed by atoms with van der Waals surface area (Å²) in [4.78, 5) is 0. The minimum atomic E-state index is 0.782. The van der Waals surface area contributed by atoms with Crippen LogP contribution in [-0.4, -0.2) is 0 Å². The summed E-state index contributed by atoms with van der Waals surface area (Å²) in [5.41, 5.74) is 0. The van der Waals surface area contributed by atoms with E-state index in [4.69, 9.17) is 0 Å². The van der Waals surface area contributed by atoms with Crippen molar-refractivity contribution in [3.8, 4) is 0 Å². The van der Waals surface area contributed by atoms with Crippen LogP contribution in [0, 0.1) is 18.8 Å². The lowest BCUT2D eigenvalue weighted by Crippen LogP contribution is -2.07. The van der Waals surface area contributed by atoms with Gasteiger partial charge in [0.05, 0.1) is 0 Å². The third kappa shape index (κ3) is 2.69. The molecule has 0 amide bonds. The lowest BCUT2D eigenvalue weighted by Gasteiger charge is -2.17. The van der Waals surface area contributed by atoms with Gasteiger partial charge in [0.2, 0.25) is 0 Å². The van der Waals surface area contributed by atoms with Crippen LogP contribution in [0.15, 0.2) is 12.2 Å². The molecule has 0 saturated carbocycles. The van der Waals surface area contributed by atoms with Gasteiger partial charge in [-0.1, -0.05) is 38.8 Å². The summed E-state index contributed by atoms with van der Waals surface area (Å²) in [6.45, 7) is 6.27. The summed E-state index contributed by atoms with van der Waals surface area (Å²) in [7, 11) is 0. The highest BCUT2D eigenvalue weighted by molar-refractivity contribution is 4.93. The Morgan fingerprint density at radius 3 is 3.09 bits per heavy atom. The molecule has 0 aromatic carbocycles. The predicted molar refractivity (Wildman–Crippen MR) is 50.2 cm³/mol. The second-order valence-electron chi connectivity index (χ2n) is 3.64. The molecule has 0 aromatic heterocycles. The van der Waals surface area contributed by atoms with Crippen LogP contribution in [0.1, 0.15) is 39.0 Å². The van der Waals surface area contributed by atoms with Crippen molar-refractivity contribution < 1.29 is 0 Å². The van der Waals surface area contributed by atoms with Crippen LogP contribution >= 0.6 is 0 Å². The van der Waals surface area contributed by atoms with Gasteiger partial charge in [-0.15, -0.1) is 0 Å². The van der Waals surface area contributed by atoms with Crippen molar-refractivity contribution in [2.24, 2.45) is 11.8 Å². The summed E-state index contributed by atoms with van der Waals surface area (Å²) in [6, 6.07) is 0. The van der Waals surface area contributed by atoms with Crippen LogP contribution in [-0.2, 0) is 0 Å². The molecule has 0 heteroatoms. The quantitative estimate of drug-likeness (QED) is 0.529. The number of hydrogen-bond acceptors (Lipinski definition) is 0. The molecule has 1 aliphatic rings. The Balaban J connectivity index is 2.41. The first kappa shape index (κ1) is 8.83. The minimum Gasteiger partial charge on any atom is -0.0882 e. The van der Waals surface area contributed by atoms with E-state index < -0.39 is 0 Å². The Kier molecular flexibility index (Phi) is 3.68. The highest BCUT2D eigenvalue weighted by Crippen LogP contribution is 2.25. The van der Waals surface area contributed by atoms with Crippen LogP contribution in [0.2, 0.25) is 0 Å². The normalized spacial score (nSPS) is 28.0. The van der Waals surface area contributed by atoms with Crippen molar-refractivity contribution >= 4 is 0 Å². The second kappa shape index (κ2) is 4.58. The summed E-state index contributed by atoms with van der Waals surface area (Å²) in [5.74, 6) is 1.60. The van der Waals surface area contributed by atoms with Gasteiger partial charge in [-0.05, 0) is 31.1 Å². The molecule has 63 valence electrons. The Morgan fingerprint density at radius 1 is 1.55 bits per heavy atom. The molecule has 0 N–H and O–H groups in total. The highest BCUT2D eigenvalue weighted by Gasteiger charge is 2.13. The zero-order chi connectivity index (χ0) is 8.10. The van der Waals surface area contributed by atoms with E-state index in [2.05, 4.69) is 26.0 Å². The van der Waals surface area contributed by atoms with Gasteiger partial charge in [0.1, 0.15) is 0 Å². The van der Waals surface area contributed by atoms with Gasteiger partial charge < -0.3 is 0 Å². The predicted octanol–water partition coefficient (Wildman–Crippen LogP) is 3.59. The summed E-state index contributed by atoms with van der Waals surface area (Å²) in [5, 5.41) is 0. The molecule has 0 fully saturated rings. The number of hydrogen-bond donors (Lipinski definition) is 0. The number of rotatable bonds is 2. The van der Waals surface area contributed by atoms with E-state index in [1.165, 1.54) is 25.7 Å². The molecule has 11 heavy (non-hydrogen) atoms. The maximum atomic E-state index is 3.96. The highest BCUT2D eigenvalue weighted by atomic mass is 14.2. The van der Waals surface area contributed by atoms with Gasteiger partial charge in [-0.25, -0.2) is 0 Å². The Morgan fingerprint density at radius 2 is 2.36 bits per heavy atom. The summed E-state index contributed by atoms with van der Waals surface area (Å²) < 4.78 is 0. The molecule has 1 rings (SSSR count). The molecule has 0 aromatic rings. The monoisotopic (exact) mass is 151 g/mol. The zero-order valence-electron chi connectivity index (χ0n) is 7.55. The average molecular weight is 151 g/mol. The fraction of sp³-hybridized carbons (Fsp3) is 0.727.